The number of hydrogen-bond donors (Lipinski definition) is 1. The van der Waals surface area contributed by atoms with Crippen molar-refractivity contribution in [1.29, 1.82) is 0 Å². The molecule has 0 saturated carbocycles. The Bertz CT molecular complexity index is 259. The summed E-state index contributed by atoms with van der Waals surface area (Å²) >= 11 is 0. The normalized spacial score (nSPS) is 28.5. The van der Waals surface area contributed by atoms with E-state index in [0.717, 1.165) is 12.8 Å². The maximum atomic E-state index is 11.4. The molecule has 0 radical (unpaired) electrons. The van der Waals surface area contributed by atoms with Gasteiger partial charge in [0.05, 0.1) is 11.0 Å². The van der Waals surface area contributed by atoms with Crippen LogP contribution in [0, 0.1) is 11.8 Å². The number of nitrogens with two attached hydrogens (primary N) is 1. The van der Waals surface area contributed by atoms with Crippen LogP contribution in [0.2, 0.25) is 0 Å². The molecule has 3 nitrogen and oxygen atoms in total. The standard InChI is InChI=1S/C9H19NO2S/c1-7(2)8(3-5-10)9-4-6-13(9,11)12/h7-9H,3-6,10H2,1-2H3. The van der Waals surface area contributed by atoms with E-state index in [1.807, 2.05) is 0 Å². The van der Waals surface area contributed by atoms with Crippen molar-refractivity contribution in [2.75, 3.05) is 12.3 Å². The molecule has 1 rings (SSSR count). The molecule has 78 valence electrons. The summed E-state index contributed by atoms with van der Waals surface area (Å²) in [5, 5.41) is -0.101. The predicted octanol–water partition coefficient (Wildman–Crippen LogP) is 0.795. The van der Waals surface area contributed by atoms with E-state index in [-0.39, 0.29) is 11.2 Å². The highest BCUT2D eigenvalue weighted by molar-refractivity contribution is 7.93. The van der Waals surface area contributed by atoms with E-state index in [0.29, 0.717) is 18.2 Å². The topological polar surface area (TPSA) is 60.2 Å². The van der Waals surface area contributed by atoms with Gasteiger partial charge >= 0.3 is 0 Å². The molecule has 0 aromatic rings. The van der Waals surface area contributed by atoms with E-state index in [1.165, 1.54) is 0 Å². The molecule has 13 heavy (non-hydrogen) atoms. The van der Waals surface area contributed by atoms with Gasteiger partial charge in [-0.25, -0.2) is 8.42 Å². The average molecular weight is 205 g/mol. The molecule has 2 unspecified atom stereocenters. The van der Waals surface area contributed by atoms with Crippen LogP contribution in [0.25, 0.3) is 0 Å². The first-order chi connectivity index (χ1) is 5.99. The third kappa shape index (κ3) is 2.23. The van der Waals surface area contributed by atoms with Crippen LogP contribution in [-0.4, -0.2) is 26.0 Å². The Morgan fingerprint density at radius 1 is 1.46 bits per heavy atom. The van der Waals surface area contributed by atoms with Crippen LogP contribution in [0.5, 0.6) is 0 Å². The van der Waals surface area contributed by atoms with E-state index in [4.69, 9.17) is 5.73 Å². The summed E-state index contributed by atoms with van der Waals surface area (Å²) in [5.41, 5.74) is 5.48. The Labute approximate surface area is 80.6 Å². The summed E-state index contributed by atoms with van der Waals surface area (Å²) in [6.07, 6.45) is 1.67. The predicted molar refractivity (Wildman–Crippen MR) is 54.2 cm³/mol. The summed E-state index contributed by atoms with van der Waals surface area (Å²) in [6, 6.07) is 0. The molecule has 1 fully saturated rings. The Balaban J connectivity index is 2.66. The first-order valence-corrected chi connectivity index (χ1v) is 6.62. The highest BCUT2D eigenvalue weighted by Crippen LogP contribution is 2.33. The molecule has 0 spiro atoms. The van der Waals surface area contributed by atoms with Crippen LogP contribution in [0.1, 0.15) is 26.7 Å². The van der Waals surface area contributed by atoms with Crippen molar-refractivity contribution in [3.63, 3.8) is 0 Å². The fourth-order valence-corrected chi connectivity index (χ4v) is 3.94. The Morgan fingerprint density at radius 2 is 2.08 bits per heavy atom. The zero-order chi connectivity index (χ0) is 10.1. The number of rotatable bonds is 4. The van der Waals surface area contributed by atoms with E-state index < -0.39 is 9.84 Å². The van der Waals surface area contributed by atoms with E-state index in [2.05, 4.69) is 13.8 Å². The molecule has 1 aliphatic heterocycles. The minimum Gasteiger partial charge on any atom is -0.330 e. The van der Waals surface area contributed by atoms with E-state index in [9.17, 15) is 8.42 Å². The van der Waals surface area contributed by atoms with Gasteiger partial charge in [-0.05, 0) is 31.2 Å². The largest absolute Gasteiger partial charge is 0.330 e. The third-order valence-electron chi connectivity index (χ3n) is 2.98. The maximum absolute atomic E-state index is 11.4. The van der Waals surface area contributed by atoms with Crippen LogP contribution in [0.15, 0.2) is 0 Å². The first kappa shape index (κ1) is 11.0. The summed E-state index contributed by atoms with van der Waals surface area (Å²) in [5.74, 6) is 1.07. The molecule has 2 atom stereocenters. The minimum atomic E-state index is -2.74. The van der Waals surface area contributed by atoms with Crippen molar-refractivity contribution >= 4 is 9.84 Å². The van der Waals surface area contributed by atoms with Gasteiger partial charge in [-0.15, -0.1) is 0 Å². The van der Waals surface area contributed by atoms with Gasteiger partial charge in [-0.1, -0.05) is 13.8 Å². The van der Waals surface area contributed by atoms with Crippen LogP contribution in [0.3, 0.4) is 0 Å². The fraction of sp³-hybridized carbons (Fsp3) is 1.00. The highest BCUT2D eigenvalue weighted by Gasteiger charge is 2.41. The molecule has 0 aliphatic carbocycles. The number of hydrogen-bond acceptors (Lipinski definition) is 3. The van der Waals surface area contributed by atoms with Gasteiger partial charge in [-0.2, -0.15) is 0 Å². The van der Waals surface area contributed by atoms with Gasteiger partial charge in [0.15, 0.2) is 9.84 Å². The molecular weight excluding hydrogens is 186 g/mol. The Hall–Kier alpha value is -0.0900. The first-order valence-electron chi connectivity index (χ1n) is 4.90. The third-order valence-corrected chi connectivity index (χ3v) is 5.29. The van der Waals surface area contributed by atoms with Crippen LogP contribution in [-0.2, 0) is 9.84 Å². The second-order valence-corrected chi connectivity index (χ2v) is 6.52. The van der Waals surface area contributed by atoms with Gasteiger partial charge in [0.2, 0.25) is 0 Å². The molecule has 0 bridgehead atoms. The molecule has 0 aromatic heterocycles. The Morgan fingerprint density at radius 3 is 2.31 bits per heavy atom. The van der Waals surface area contributed by atoms with Crippen molar-refractivity contribution in [2.24, 2.45) is 17.6 Å². The monoisotopic (exact) mass is 205 g/mol. The number of sulfone groups is 1. The van der Waals surface area contributed by atoms with E-state index in [1.54, 1.807) is 0 Å². The second-order valence-electron chi connectivity index (χ2n) is 4.18. The molecule has 1 aliphatic rings. The summed E-state index contributed by atoms with van der Waals surface area (Å²) in [7, 11) is -2.74. The second kappa shape index (κ2) is 3.96. The summed E-state index contributed by atoms with van der Waals surface area (Å²) in [4.78, 5) is 0. The van der Waals surface area contributed by atoms with Gasteiger partial charge in [0.1, 0.15) is 0 Å². The minimum absolute atomic E-state index is 0.101. The molecular formula is C9H19NO2S. The van der Waals surface area contributed by atoms with Gasteiger partial charge in [0.25, 0.3) is 0 Å². The average Bonchev–Trinajstić information content (AvgIpc) is 2.01. The summed E-state index contributed by atoms with van der Waals surface area (Å²) in [6.45, 7) is 4.75. The van der Waals surface area contributed by atoms with Gasteiger partial charge in [-0.3, -0.25) is 0 Å². The van der Waals surface area contributed by atoms with Crippen molar-refractivity contribution in [1.82, 2.24) is 0 Å². The van der Waals surface area contributed by atoms with Gasteiger partial charge < -0.3 is 5.73 Å². The molecule has 0 aromatic carbocycles. The lowest BCUT2D eigenvalue weighted by Crippen LogP contribution is -2.44. The lowest BCUT2D eigenvalue weighted by atomic mass is 9.87. The van der Waals surface area contributed by atoms with Crippen LogP contribution in [0.4, 0.5) is 0 Å². The quantitative estimate of drug-likeness (QED) is 0.738. The molecule has 1 heterocycles. The molecule has 1 saturated heterocycles. The SMILES string of the molecule is CC(C)C(CCN)C1CCS1(=O)=O. The zero-order valence-electron chi connectivity index (χ0n) is 8.36. The fourth-order valence-electron chi connectivity index (χ4n) is 2.07. The van der Waals surface area contributed by atoms with E-state index >= 15 is 0 Å². The maximum Gasteiger partial charge on any atom is 0.153 e. The van der Waals surface area contributed by atoms with Crippen molar-refractivity contribution < 1.29 is 8.42 Å². The van der Waals surface area contributed by atoms with Crippen molar-refractivity contribution in [3.8, 4) is 0 Å². The van der Waals surface area contributed by atoms with Crippen molar-refractivity contribution in [2.45, 2.75) is 31.9 Å². The van der Waals surface area contributed by atoms with Crippen LogP contribution < -0.4 is 5.73 Å². The Kier molecular flexibility index (Phi) is 3.35. The van der Waals surface area contributed by atoms with Crippen LogP contribution >= 0.6 is 0 Å². The molecule has 0 amide bonds. The highest BCUT2D eigenvalue weighted by atomic mass is 32.2. The molecule has 4 heteroatoms. The zero-order valence-corrected chi connectivity index (χ0v) is 9.18. The van der Waals surface area contributed by atoms with Gasteiger partial charge in [0, 0.05) is 0 Å². The smallest absolute Gasteiger partial charge is 0.153 e. The van der Waals surface area contributed by atoms with Crippen molar-refractivity contribution in [3.05, 3.63) is 0 Å². The molecule has 2 N–H and O–H groups in total. The summed E-state index contributed by atoms with van der Waals surface area (Å²) < 4.78 is 22.8. The lowest BCUT2D eigenvalue weighted by molar-refractivity contribution is 0.324. The lowest BCUT2D eigenvalue weighted by Gasteiger charge is -2.35.